The Morgan fingerprint density at radius 1 is 1.27 bits per heavy atom. The Labute approximate surface area is 232 Å². The minimum atomic E-state index is -3.31. The van der Waals surface area contributed by atoms with Crippen LogP contribution in [0.3, 0.4) is 0 Å². The summed E-state index contributed by atoms with van der Waals surface area (Å²) in [4.78, 5) is 17.3. The van der Waals surface area contributed by atoms with Gasteiger partial charge in [-0.25, -0.2) is 30.8 Å². The zero-order valence-corrected chi connectivity index (χ0v) is 23.7. The van der Waals surface area contributed by atoms with E-state index in [1.165, 1.54) is 45.8 Å². The van der Waals surface area contributed by atoms with Crippen molar-refractivity contribution < 1.29 is 26.5 Å². The van der Waals surface area contributed by atoms with Crippen LogP contribution in [0.15, 0.2) is 35.1 Å². The number of nitrogens with one attached hydrogen (secondary N) is 1. The Morgan fingerprint density at radius 2 is 2.05 bits per heavy atom. The average Bonchev–Trinajstić information content (AvgIpc) is 3.48. The highest BCUT2D eigenvalue weighted by atomic mass is 32.2. The summed E-state index contributed by atoms with van der Waals surface area (Å²) in [6, 6.07) is 3.90. The van der Waals surface area contributed by atoms with Crippen LogP contribution in [0.1, 0.15) is 41.6 Å². The number of carbonyl (C=O) groups is 1. The Bertz CT molecular complexity index is 1760. The van der Waals surface area contributed by atoms with Crippen LogP contribution in [0.25, 0.3) is 5.52 Å². The molecule has 1 N–H and O–H groups in total. The van der Waals surface area contributed by atoms with Gasteiger partial charge in [-0.1, -0.05) is 5.92 Å². The number of rotatable bonds is 5. The first-order valence-electron chi connectivity index (χ1n) is 12.8. The summed E-state index contributed by atoms with van der Waals surface area (Å²) >= 11 is 0. The summed E-state index contributed by atoms with van der Waals surface area (Å²) in [5.74, 6) is 2.92. The predicted octanol–water partition coefficient (Wildman–Crippen LogP) is 3.33. The first kappa shape index (κ1) is 28.0. The number of aromatic nitrogens is 3. The maximum atomic E-state index is 14.1. The van der Waals surface area contributed by atoms with Gasteiger partial charge in [0.2, 0.25) is 10.0 Å². The molecule has 5 rings (SSSR count). The van der Waals surface area contributed by atoms with Crippen LogP contribution in [-0.2, 0) is 19.8 Å². The van der Waals surface area contributed by atoms with Crippen LogP contribution >= 0.6 is 0 Å². The fraction of sp³-hybridized carbons (Fsp3) is 0.423. The van der Waals surface area contributed by atoms with Gasteiger partial charge in [0.15, 0.2) is 11.6 Å². The van der Waals surface area contributed by atoms with Crippen molar-refractivity contribution in [2.75, 3.05) is 36.2 Å². The van der Waals surface area contributed by atoms with Gasteiger partial charge in [-0.05, 0) is 50.3 Å². The number of fused-ring (bicyclic) bond motifs is 1. The van der Waals surface area contributed by atoms with Crippen molar-refractivity contribution >= 4 is 42.7 Å². The van der Waals surface area contributed by atoms with Gasteiger partial charge < -0.3 is 10.1 Å². The van der Waals surface area contributed by atoms with Crippen LogP contribution < -0.4 is 10.1 Å². The fourth-order valence-electron chi connectivity index (χ4n) is 4.86. The van der Waals surface area contributed by atoms with Crippen LogP contribution in [0.5, 0.6) is 5.75 Å². The molecule has 0 spiro atoms. The lowest BCUT2D eigenvalue weighted by atomic mass is 10.0. The molecule has 0 bridgehead atoms. The van der Waals surface area contributed by atoms with Crippen molar-refractivity contribution in [3.05, 3.63) is 47.7 Å². The summed E-state index contributed by atoms with van der Waals surface area (Å²) in [6.07, 6.45) is 9.60. The second-order valence-corrected chi connectivity index (χ2v) is 14.5. The number of sulfonamides is 1. The van der Waals surface area contributed by atoms with Gasteiger partial charge in [0.1, 0.15) is 23.8 Å². The first-order chi connectivity index (χ1) is 19.0. The van der Waals surface area contributed by atoms with E-state index < -0.39 is 31.5 Å². The molecule has 0 saturated carbocycles. The molecule has 1 unspecified atom stereocenters. The molecule has 2 aliphatic rings. The number of hydrogen-bond donors (Lipinski definition) is 1. The summed E-state index contributed by atoms with van der Waals surface area (Å²) < 4.78 is 63.2. The molecule has 11 nitrogen and oxygen atoms in total. The molecule has 212 valence electrons. The van der Waals surface area contributed by atoms with E-state index in [1.54, 1.807) is 6.92 Å². The molecular formula is C26H29FN6O5S2. The highest BCUT2D eigenvalue weighted by molar-refractivity contribution is 7.94. The lowest BCUT2D eigenvalue weighted by Gasteiger charge is -2.27. The fourth-order valence-corrected chi connectivity index (χ4v) is 7.87. The molecule has 2 saturated heterocycles. The summed E-state index contributed by atoms with van der Waals surface area (Å²) in [6.45, 7) is 2.46. The normalized spacial score (nSPS) is 19.1. The summed E-state index contributed by atoms with van der Waals surface area (Å²) in [7, 11) is -5.84. The van der Waals surface area contributed by atoms with E-state index in [2.05, 4.69) is 31.8 Å². The molecule has 2 fully saturated rings. The van der Waals surface area contributed by atoms with E-state index in [0.717, 1.165) is 19.3 Å². The maximum absolute atomic E-state index is 14.1. The molecule has 0 radical (unpaired) electrons. The predicted molar refractivity (Wildman–Crippen MR) is 149 cm³/mol. The monoisotopic (exact) mass is 588 g/mol. The van der Waals surface area contributed by atoms with Gasteiger partial charge in [-0.3, -0.25) is 4.79 Å². The summed E-state index contributed by atoms with van der Waals surface area (Å²) in [5.41, 5.74) is 1.68. The Morgan fingerprint density at radius 3 is 2.80 bits per heavy atom. The Balaban J connectivity index is 1.40. The molecule has 1 atom stereocenters. The average molecular weight is 589 g/mol. The number of anilines is 2. The van der Waals surface area contributed by atoms with E-state index in [0.29, 0.717) is 47.1 Å². The molecule has 1 aromatic carbocycles. The van der Waals surface area contributed by atoms with Crippen LogP contribution in [0.2, 0.25) is 0 Å². The lowest BCUT2D eigenvalue weighted by Crippen LogP contribution is -2.38. The SMILES string of the molecule is Cc1c(C(=O)N=S2(=O)CCCC2)cn2ncnc(Nc3ccc(F)cc3OC#CC3CCCN(S(C)(=O)=O)C3)c12. The van der Waals surface area contributed by atoms with Gasteiger partial charge in [0.25, 0.3) is 5.91 Å². The topological polar surface area (TPSA) is 135 Å². The second kappa shape index (κ2) is 11.1. The van der Waals surface area contributed by atoms with Crippen LogP contribution in [-0.4, -0.2) is 68.3 Å². The molecular weight excluding hydrogens is 559 g/mol. The van der Waals surface area contributed by atoms with Crippen molar-refractivity contribution in [1.29, 1.82) is 0 Å². The molecule has 1 amide bonds. The van der Waals surface area contributed by atoms with Crippen LogP contribution in [0.4, 0.5) is 15.9 Å². The minimum Gasteiger partial charge on any atom is -0.405 e. The number of nitrogens with zero attached hydrogens (tertiary/aromatic N) is 5. The zero-order valence-electron chi connectivity index (χ0n) is 22.1. The van der Waals surface area contributed by atoms with Gasteiger partial charge in [0, 0.05) is 42.8 Å². The number of aryl methyl sites for hydroxylation is 1. The number of hydrogen-bond acceptors (Lipinski definition) is 8. The highest BCUT2D eigenvalue weighted by Crippen LogP contribution is 2.31. The molecule has 4 heterocycles. The molecule has 2 aliphatic heterocycles. The maximum Gasteiger partial charge on any atom is 0.287 e. The van der Waals surface area contributed by atoms with Crippen molar-refractivity contribution in [2.24, 2.45) is 10.3 Å². The number of carbonyl (C=O) groups excluding carboxylic acids is 1. The third-order valence-electron chi connectivity index (χ3n) is 6.96. The van der Waals surface area contributed by atoms with Gasteiger partial charge in [-0.2, -0.15) is 9.46 Å². The quantitative estimate of drug-likeness (QED) is 0.449. The van der Waals surface area contributed by atoms with E-state index in [-0.39, 0.29) is 23.8 Å². The molecule has 3 aromatic rings. The van der Waals surface area contributed by atoms with E-state index in [1.807, 2.05) is 0 Å². The number of halogens is 1. The third-order valence-corrected chi connectivity index (χ3v) is 10.6. The van der Waals surface area contributed by atoms with E-state index in [9.17, 15) is 21.8 Å². The van der Waals surface area contributed by atoms with E-state index >= 15 is 0 Å². The molecule has 2 aromatic heterocycles. The minimum absolute atomic E-state index is 0.105. The van der Waals surface area contributed by atoms with Crippen LogP contribution in [0, 0.1) is 30.7 Å². The second-order valence-electron chi connectivity index (χ2n) is 9.93. The lowest BCUT2D eigenvalue weighted by molar-refractivity contribution is 0.100. The van der Waals surface area contributed by atoms with Gasteiger partial charge in [-0.15, -0.1) is 0 Å². The number of piperidine rings is 1. The zero-order chi connectivity index (χ0) is 28.5. The first-order valence-corrected chi connectivity index (χ1v) is 16.5. The summed E-state index contributed by atoms with van der Waals surface area (Å²) in [5, 5.41) is 7.31. The number of benzene rings is 1. The smallest absolute Gasteiger partial charge is 0.287 e. The Hall–Kier alpha value is -3.54. The van der Waals surface area contributed by atoms with E-state index in [4.69, 9.17) is 4.74 Å². The van der Waals surface area contributed by atoms with Crippen molar-refractivity contribution in [1.82, 2.24) is 18.9 Å². The molecule has 40 heavy (non-hydrogen) atoms. The van der Waals surface area contributed by atoms with Gasteiger partial charge in [0.05, 0.1) is 27.2 Å². The largest absolute Gasteiger partial charge is 0.405 e. The van der Waals surface area contributed by atoms with Crippen molar-refractivity contribution in [2.45, 2.75) is 32.6 Å². The van der Waals surface area contributed by atoms with Crippen molar-refractivity contribution in [3.8, 4) is 17.8 Å². The van der Waals surface area contributed by atoms with Gasteiger partial charge >= 0.3 is 0 Å². The molecule has 0 aliphatic carbocycles. The third kappa shape index (κ3) is 6.11. The van der Waals surface area contributed by atoms with Crippen molar-refractivity contribution in [3.63, 3.8) is 0 Å². The standard InChI is InChI=1S/C26H29FN6O5S2/c1-18-21(26(34)31-40(37)12-3-4-13-40)16-33-24(18)25(28-17-29-33)30-22-8-7-20(27)14-23(22)38-11-9-19-6-5-10-32(15-19)39(2,35)36/h7-8,14,16-17,19H,3-6,10,12-13,15H2,1-2H3,(H,28,29,30). The number of amides is 1. The molecule has 14 heteroatoms. The highest BCUT2D eigenvalue weighted by Gasteiger charge is 2.25. The number of ether oxygens (including phenoxy) is 1. The Kier molecular flexibility index (Phi) is 7.80.